The van der Waals surface area contributed by atoms with E-state index in [-0.39, 0.29) is 22.7 Å². The molecular formula is C106H138N8O2S5. The Morgan fingerprint density at radius 1 is 0.339 bits per heavy atom. The zero-order valence-electron chi connectivity index (χ0n) is 74.5. The number of thiophene rings is 4. The van der Waals surface area contributed by atoms with Crippen LogP contribution in [0.2, 0.25) is 0 Å². The Balaban J connectivity index is 1.14. The average Bonchev–Trinajstić information content (AvgIpc) is 1.50. The van der Waals surface area contributed by atoms with Gasteiger partial charge in [0.25, 0.3) is 0 Å². The zero-order valence-corrected chi connectivity index (χ0v) is 78.6. The lowest BCUT2D eigenvalue weighted by molar-refractivity contribution is 0.103. The van der Waals surface area contributed by atoms with E-state index in [2.05, 4.69) is 87.1 Å². The van der Waals surface area contributed by atoms with Crippen LogP contribution < -0.4 is 0 Å². The van der Waals surface area contributed by atoms with Crippen molar-refractivity contribution in [1.82, 2.24) is 17.9 Å². The minimum absolute atomic E-state index is 0.0345. The van der Waals surface area contributed by atoms with Crippen LogP contribution in [0.1, 0.15) is 415 Å². The van der Waals surface area contributed by atoms with Gasteiger partial charge in [0, 0.05) is 67.0 Å². The van der Waals surface area contributed by atoms with Crippen molar-refractivity contribution in [2.24, 2.45) is 11.8 Å². The van der Waals surface area contributed by atoms with Gasteiger partial charge >= 0.3 is 0 Å². The number of benzene rings is 3. The lowest BCUT2D eigenvalue weighted by Gasteiger charge is -2.22. The highest BCUT2D eigenvalue weighted by Gasteiger charge is 2.38. The van der Waals surface area contributed by atoms with Gasteiger partial charge in [0.15, 0.2) is 11.6 Å². The van der Waals surface area contributed by atoms with Crippen molar-refractivity contribution in [2.45, 2.75) is 389 Å². The summed E-state index contributed by atoms with van der Waals surface area (Å²) in [5.41, 5.74) is 13.6. The maximum absolute atomic E-state index is 15.2. The molecule has 12 rings (SSSR count). The van der Waals surface area contributed by atoms with E-state index < -0.39 is 0 Å². The molecule has 2 atom stereocenters. The van der Waals surface area contributed by atoms with E-state index in [1.165, 1.54) is 354 Å². The minimum Gasteiger partial charge on any atom is -0.337 e. The van der Waals surface area contributed by atoms with Crippen LogP contribution in [0, 0.1) is 57.2 Å². The molecule has 2 aliphatic carbocycles. The summed E-state index contributed by atoms with van der Waals surface area (Å²) in [6.45, 7) is 15.6. The molecule has 15 heteroatoms. The molecule has 7 aromatic heterocycles. The number of rotatable bonds is 58. The van der Waals surface area contributed by atoms with E-state index in [1.54, 1.807) is 0 Å². The van der Waals surface area contributed by atoms with Gasteiger partial charge in [-0.2, -0.15) is 29.8 Å². The number of nitrogens with zero attached hydrogens (tertiary/aromatic N) is 8. The van der Waals surface area contributed by atoms with Crippen LogP contribution in [0.25, 0.3) is 95.4 Å². The molecule has 2 aliphatic rings. The Morgan fingerprint density at radius 2 is 0.612 bits per heavy atom. The van der Waals surface area contributed by atoms with E-state index in [9.17, 15) is 21.0 Å². The van der Waals surface area contributed by atoms with Crippen molar-refractivity contribution < 1.29 is 9.59 Å². The van der Waals surface area contributed by atoms with Crippen LogP contribution >= 0.6 is 57.1 Å². The molecule has 0 spiro atoms. The zero-order chi connectivity index (χ0) is 84.7. The first-order chi connectivity index (χ1) is 59.6. The molecule has 0 fully saturated rings. The van der Waals surface area contributed by atoms with Crippen LogP contribution in [0.4, 0.5) is 0 Å². The van der Waals surface area contributed by atoms with E-state index in [0.717, 1.165) is 98.1 Å². The quantitative estimate of drug-likeness (QED) is 0.0206. The summed E-state index contributed by atoms with van der Waals surface area (Å²) in [5.74, 6) is 0.533. The van der Waals surface area contributed by atoms with Gasteiger partial charge in [-0.1, -0.05) is 373 Å². The predicted octanol–water partition coefficient (Wildman–Crippen LogP) is 34.6. The first-order valence-electron chi connectivity index (χ1n) is 48.5. The second-order valence-electron chi connectivity index (χ2n) is 35.7. The largest absolute Gasteiger partial charge is 0.337 e. The third kappa shape index (κ3) is 22.7. The number of carbonyl (C=O) groups is 2. The molecular weight excluding hydrogens is 1580 g/mol. The number of unbranched alkanes of at least 4 members (excludes halogenated alkanes) is 40. The average molecular weight is 1720 g/mol. The van der Waals surface area contributed by atoms with E-state index in [1.807, 2.05) is 93.9 Å². The molecule has 0 N–H and O–H groups in total. The number of Topliss-reactive ketones (excluding diaryl/α,β-unsaturated/α-hetero) is 2. The molecule has 2 unspecified atom stereocenters. The summed E-state index contributed by atoms with van der Waals surface area (Å²) in [4.78, 5) is 32.4. The predicted molar refractivity (Wildman–Crippen MR) is 523 cm³/mol. The molecule has 0 aliphatic heterocycles. The number of hydrogen-bond acceptors (Lipinski definition) is 13. The maximum Gasteiger partial charge on any atom is 0.194 e. The smallest absolute Gasteiger partial charge is 0.194 e. The van der Waals surface area contributed by atoms with Crippen LogP contribution in [0.15, 0.2) is 70.8 Å². The highest BCUT2D eigenvalue weighted by atomic mass is 32.1. The van der Waals surface area contributed by atoms with Crippen molar-refractivity contribution in [3.05, 3.63) is 114 Å². The van der Waals surface area contributed by atoms with Gasteiger partial charge in [-0.25, -0.2) is 0 Å². The Bertz CT molecular complexity index is 5040. The van der Waals surface area contributed by atoms with Crippen LogP contribution in [-0.4, -0.2) is 29.4 Å². The van der Waals surface area contributed by atoms with Crippen LogP contribution in [0.5, 0.6) is 0 Å². The lowest BCUT2D eigenvalue weighted by atomic mass is 9.93. The summed E-state index contributed by atoms with van der Waals surface area (Å²) >= 11 is 8.88. The van der Waals surface area contributed by atoms with Gasteiger partial charge in [0.05, 0.1) is 62.0 Å². The SMILES string of the molecule is CCCCCCCCCCCc1c(/C=C2\C(=O)c3ccccc3C2=C(C#N)C#N)sc2c1sc1c3c4nsnc4c4c5sc6c(CCCCCCCCCCC)c(/C=C7\C(=O)c8ccccc8C7=C(C#N)C#N)sc6c5n(CC(CCCCCCCC)CCCCCCCCCC)c4c3n(CC(CCCCCCCC)CCCCCCCCCC)c21. The molecule has 121 heavy (non-hydrogen) atoms. The Hall–Kier alpha value is -7.34. The maximum atomic E-state index is 15.2. The molecule has 0 saturated heterocycles. The first-order valence-corrected chi connectivity index (χ1v) is 52.5. The van der Waals surface area contributed by atoms with E-state index in [0.29, 0.717) is 56.4 Å². The highest BCUT2D eigenvalue weighted by molar-refractivity contribution is 7.34. The molecule has 10 nitrogen and oxygen atoms in total. The Labute approximate surface area is 745 Å². The fourth-order valence-electron chi connectivity index (χ4n) is 19.9. The fourth-order valence-corrected chi connectivity index (χ4v) is 26.4. The number of nitriles is 4. The number of aryl methyl sites for hydroxylation is 2. The summed E-state index contributed by atoms with van der Waals surface area (Å²) in [5, 5.41) is 45.4. The molecule has 3 aromatic carbocycles. The molecule has 0 bridgehead atoms. The number of fused-ring (bicyclic) bond motifs is 16. The third-order valence-corrected chi connectivity index (χ3v) is 32.3. The second kappa shape index (κ2) is 48.8. The van der Waals surface area contributed by atoms with Crippen molar-refractivity contribution in [3.63, 3.8) is 0 Å². The monoisotopic (exact) mass is 1710 g/mol. The van der Waals surface area contributed by atoms with Crippen molar-refractivity contribution >= 4 is 164 Å². The standard InChI is InChI=1S/C106H138N8O2S5/c1-7-13-19-25-31-35-39-45-51-65-83-87(67-85-89(77(69-107)70-108)79-61-53-55-63-81(79)99(85)115)117-105-97-103(119-101(83)105)91-93-94(112-121-111-93)92-96(95(91)113(97)73-75(57-47-41-29-23-17-11-5)59-49-43-37-33-27-21-15-9-3)114(74-76(58-48-42-30-24-18-12-6)60-50-44-38-34-28-22-16-10-4)98-104(92)120-102-84(66-52-46-40-36-32-26-20-14-8-2)88(118-106(98)102)68-86-90(78(71-109)72-110)80-62-54-56-64-82(80)100(86)116/h53-56,61-64,67-68,75-76H,7-52,57-60,65-66,73-74H2,1-6H3/b85-67-,86-68-. The van der Waals surface area contributed by atoms with Crippen molar-refractivity contribution in [2.75, 3.05) is 0 Å². The van der Waals surface area contributed by atoms with Crippen LogP contribution in [0.3, 0.4) is 0 Å². The summed E-state index contributed by atoms with van der Waals surface area (Å²) in [6, 6.07) is 24.1. The molecule has 644 valence electrons. The van der Waals surface area contributed by atoms with Crippen LogP contribution in [-0.2, 0) is 25.9 Å². The summed E-state index contributed by atoms with van der Waals surface area (Å²) < 4.78 is 24.5. The normalized spacial score (nSPS) is 14.1. The second-order valence-corrected chi connectivity index (χ2v) is 40.4. The number of hydrogen-bond donors (Lipinski definition) is 0. The molecule has 0 radical (unpaired) electrons. The number of aromatic nitrogens is 4. The summed E-state index contributed by atoms with van der Waals surface area (Å²) in [7, 11) is 0. The van der Waals surface area contributed by atoms with E-state index in [4.69, 9.17) is 8.75 Å². The Morgan fingerprint density at radius 3 is 0.901 bits per heavy atom. The van der Waals surface area contributed by atoms with Gasteiger partial charge in [-0.15, -0.1) is 45.3 Å². The third-order valence-electron chi connectivity index (χ3n) is 26.7. The topological polar surface area (TPSA) is 165 Å². The van der Waals surface area contributed by atoms with Gasteiger partial charge in [0.2, 0.25) is 0 Å². The summed E-state index contributed by atoms with van der Waals surface area (Å²) in [6.07, 6.45) is 67.8. The van der Waals surface area contributed by atoms with Gasteiger partial charge < -0.3 is 9.13 Å². The molecule has 0 saturated carbocycles. The van der Waals surface area contributed by atoms with Gasteiger partial charge in [-0.3, -0.25) is 9.59 Å². The van der Waals surface area contributed by atoms with E-state index >= 15 is 9.59 Å². The molecule has 10 aromatic rings. The number of ketones is 2. The number of allylic oxidation sites excluding steroid dienone is 6. The lowest BCUT2D eigenvalue weighted by Crippen LogP contribution is -2.14. The van der Waals surface area contributed by atoms with Crippen molar-refractivity contribution in [1.29, 1.82) is 21.0 Å². The molecule has 0 amide bonds. The number of carbonyl (C=O) groups excluding carboxylic acids is 2. The van der Waals surface area contributed by atoms with Gasteiger partial charge in [0.1, 0.15) is 46.5 Å². The Kier molecular flexibility index (Phi) is 37.4. The fraction of sp³-hybridized carbons (Fsp3) is 0.585. The van der Waals surface area contributed by atoms with Crippen molar-refractivity contribution in [3.8, 4) is 24.3 Å². The van der Waals surface area contributed by atoms with Gasteiger partial charge in [-0.05, 0) is 97.6 Å². The first kappa shape index (κ1) is 92.8. The highest BCUT2D eigenvalue weighted by Crippen LogP contribution is 2.57. The minimum atomic E-state index is -0.138. The molecule has 7 heterocycles.